The molecule has 0 bridgehead atoms. The van der Waals surface area contributed by atoms with Crippen LogP contribution in [-0.2, 0) is 0 Å². The number of aromatic hydroxyl groups is 1. The molecule has 0 spiro atoms. The van der Waals surface area contributed by atoms with Crippen LogP contribution in [0.4, 0.5) is 0 Å². The summed E-state index contributed by atoms with van der Waals surface area (Å²) in [5, 5.41) is 9.15. The lowest BCUT2D eigenvalue weighted by molar-refractivity contribution is 0.475. The van der Waals surface area contributed by atoms with Gasteiger partial charge in [0.15, 0.2) is 0 Å². The molecular weight excluding hydrogens is 234 g/mol. The molecule has 0 heterocycles. The first-order valence-electron chi connectivity index (χ1n) is 6.39. The van der Waals surface area contributed by atoms with Gasteiger partial charge >= 0.3 is 0 Å². The summed E-state index contributed by atoms with van der Waals surface area (Å²) < 4.78 is 0. The maximum Gasteiger partial charge on any atom is 0.115 e. The fraction of sp³-hybridized carbons (Fsp3) is 0.176. The van der Waals surface area contributed by atoms with Gasteiger partial charge in [0.25, 0.3) is 0 Å². The summed E-state index contributed by atoms with van der Waals surface area (Å²) in [5.74, 6) is 6.36. The van der Waals surface area contributed by atoms with E-state index in [0.717, 1.165) is 23.3 Å². The molecule has 0 atom stereocenters. The molecule has 2 nitrogen and oxygen atoms in total. The lowest BCUT2D eigenvalue weighted by Crippen LogP contribution is -1.90. The molecule has 0 aromatic heterocycles. The van der Waals surface area contributed by atoms with Crippen LogP contribution < -0.4 is 5.73 Å². The van der Waals surface area contributed by atoms with Gasteiger partial charge in [-0.2, -0.15) is 0 Å². The molecule has 1 aliphatic rings. The van der Waals surface area contributed by atoms with Crippen molar-refractivity contribution >= 4 is 0 Å². The Labute approximate surface area is 115 Å². The van der Waals surface area contributed by atoms with E-state index in [1.54, 1.807) is 24.3 Å². The molecule has 1 aromatic rings. The second kappa shape index (κ2) is 7.84. The van der Waals surface area contributed by atoms with Crippen molar-refractivity contribution in [3.05, 3.63) is 65.4 Å². The number of rotatable bonds is 0. The second-order valence-electron chi connectivity index (χ2n) is 3.73. The molecule has 0 saturated heterocycles. The molecule has 0 fully saturated rings. The van der Waals surface area contributed by atoms with Gasteiger partial charge in [-0.05, 0) is 42.8 Å². The standard InChI is InChI=1S/C15H13NO.C2H6/c16-14-3-1-2-12(6-9-14)4-5-13-7-10-15(17)11-8-13;1-2/h2-3,6-11,17H,1,16H2;1-2H3. The van der Waals surface area contributed by atoms with E-state index in [1.807, 2.05) is 38.2 Å². The molecule has 1 aromatic carbocycles. The summed E-state index contributed by atoms with van der Waals surface area (Å²) in [6.45, 7) is 4.00. The molecule has 0 unspecified atom stereocenters. The van der Waals surface area contributed by atoms with Crippen LogP contribution in [-0.4, -0.2) is 5.11 Å². The van der Waals surface area contributed by atoms with E-state index in [2.05, 4.69) is 11.8 Å². The first kappa shape index (κ1) is 14.7. The van der Waals surface area contributed by atoms with Crippen molar-refractivity contribution in [2.45, 2.75) is 20.3 Å². The Hall–Kier alpha value is -2.40. The molecule has 3 N–H and O–H groups in total. The van der Waals surface area contributed by atoms with Crippen LogP contribution in [0.15, 0.2) is 59.8 Å². The number of phenols is 1. The zero-order valence-electron chi connectivity index (χ0n) is 11.4. The SMILES string of the molecule is CC.NC1=CCC=C(C#Cc2ccc(O)cc2)C=C1. The van der Waals surface area contributed by atoms with Crippen molar-refractivity contribution < 1.29 is 5.11 Å². The van der Waals surface area contributed by atoms with E-state index in [0.29, 0.717) is 0 Å². The summed E-state index contributed by atoms with van der Waals surface area (Å²) in [7, 11) is 0. The third-order valence-electron chi connectivity index (χ3n) is 2.37. The highest BCUT2D eigenvalue weighted by atomic mass is 16.3. The fourth-order valence-corrected chi connectivity index (χ4v) is 1.43. The first-order valence-corrected chi connectivity index (χ1v) is 6.39. The third-order valence-corrected chi connectivity index (χ3v) is 2.37. The Bertz CT molecular complexity index is 551. The van der Waals surface area contributed by atoms with E-state index in [9.17, 15) is 0 Å². The van der Waals surface area contributed by atoms with Crippen LogP contribution in [0.25, 0.3) is 0 Å². The number of hydrogen-bond acceptors (Lipinski definition) is 2. The molecular formula is C17H19NO. The number of allylic oxidation sites excluding steroid dienone is 5. The lowest BCUT2D eigenvalue weighted by atomic mass is 10.2. The Morgan fingerprint density at radius 3 is 2.37 bits per heavy atom. The van der Waals surface area contributed by atoms with Crippen molar-refractivity contribution in [2.24, 2.45) is 5.73 Å². The normalized spacial score (nSPS) is 12.9. The van der Waals surface area contributed by atoms with Crippen LogP contribution in [0.1, 0.15) is 25.8 Å². The lowest BCUT2D eigenvalue weighted by Gasteiger charge is -1.91. The van der Waals surface area contributed by atoms with E-state index in [-0.39, 0.29) is 5.75 Å². The fourth-order valence-electron chi connectivity index (χ4n) is 1.43. The van der Waals surface area contributed by atoms with Crippen molar-refractivity contribution in [1.29, 1.82) is 0 Å². The van der Waals surface area contributed by atoms with Crippen molar-refractivity contribution in [3.8, 4) is 17.6 Å². The van der Waals surface area contributed by atoms with E-state index in [4.69, 9.17) is 10.8 Å². The largest absolute Gasteiger partial charge is 0.508 e. The third kappa shape index (κ3) is 5.18. The Morgan fingerprint density at radius 2 is 1.68 bits per heavy atom. The number of hydrogen-bond donors (Lipinski definition) is 2. The highest BCUT2D eigenvalue weighted by Gasteiger charge is 1.92. The number of nitrogens with two attached hydrogens (primary N) is 1. The summed E-state index contributed by atoms with van der Waals surface area (Å²) in [6.07, 6.45) is 8.55. The smallest absolute Gasteiger partial charge is 0.115 e. The Morgan fingerprint density at radius 1 is 1.00 bits per heavy atom. The van der Waals surface area contributed by atoms with Crippen LogP contribution in [0.2, 0.25) is 0 Å². The topological polar surface area (TPSA) is 46.2 Å². The second-order valence-corrected chi connectivity index (χ2v) is 3.73. The van der Waals surface area contributed by atoms with Crippen LogP contribution in [0, 0.1) is 11.8 Å². The van der Waals surface area contributed by atoms with Crippen molar-refractivity contribution in [2.75, 3.05) is 0 Å². The zero-order chi connectivity index (χ0) is 14.1. The average molecular weight is 253 g/mol. The molecule has 2 rings (SSSR count). The van der Waals surface area contributed by atoms with Crippen LogP contribution in [0.3, 0.4) is 0 Å². The summed E-state index contributed by atoms with van der Waals surface area (Å²) in [6, 6.07) is 6.83. The van der Waals surface area contributed by atoms with Crippen molar-refractivity contribution in [1.82, 2.24) is 0 Å². The van der Waals surface area contributed by atoms with Gasteiger partial charge in [-0.1, -0.05) is 37.8 Å². The van der Waals surface area contributed by atoms with E-state index < -0.39 is 0 Å². The molecule has 19 heavy (non-hydrogen) atoms. The molecule has 0 amide bonds. The molecule has 0 saturated carbocycles. The quantitative estimate of drug-likeness (QED) is 0.695. The first-order chi connectivity index (χ1) is 9.24. The molecule has 0 radical (unpaired) electrons. The average Bonchev–Trinajstić information content (AvgIpc) is 2.65. The summed E-state index contributed by atoms with van der Waals surface area (Å²) in [5.41, 5.74) is 8.28. The Kier molecular flexibility index (Phi) is 6.05. The van der Waals surface area contributed by atoms with Gasteiger partial charge < -0.3 is 10.8 Å². The van der Waals surface area contributed by atoms with Gasteiger partial charge in [-0.3, -0.25) is 0 Å². The van der Waals surface area contributed by atoms with Crippen LogP contribution >= 0.6 is 0 Å². The minimum Gasteiger partial charge on any atom is -0.508 e. The van der Waals surface area contributed by atoms with Gasteiger partial charge in [0.2, 0.25) is 0 Å². The summed E-state index contributed by atoms with van der Waals surface area (Å²) >= 11 is 0. The van der Waals surface area contributed by atoms with Crippen molar-refractivity contribution in [3.63, 3.8) is 0 Å². The molecule has 98 valence electrons. The maximum absolute atomic E-state index is 9.15. The van der Waals surface area contributed by atoms with Gasteiger partial charge in [0.1, 0.15) is 5.75 Å². The zero-order valence-corrected chi connectivity index (χ0v) is 11.4. The van der Waals surface area contributed by atoms with Gasteiger partial charge in [0, 0.05) is 16.8 Å². The molecule has 2 heteroatoms. The number of benzene rings is 1. The predicted molar refractivity (Wildman–Crippen MR) is 80.4 cm³/mol. The minimum absolute atomic E-state index is 0.251. The number of phenolic OH excluding ortho intramolecular Hbond substituents is 1. The molecule has 1 aliphatic carbocycles. The van der Waals surface area contributed by atoms with E-state index in [1.165, 1.54) is 0 Å². The van der Waals surface area contributed by atoms with E-state index >= 15 is 0 Å². The Balaban J connectivity index is 0.000000861. The highest BCUT2D eigenvalue weighted by molar-refractivity contribution is 5.48. The highest BCUT2D eigenvalue weighted by Crippen LogP contribution is 2.10. The van der Waals surface area contributed by atoms with Gasteiger partial charge in [-0.15, -0.1) is 0 Å². The minimum atomic E-state index is 0.251. The monoisotopic (exact) mass is 253 g/mol. The maximum atomic E-state index is 9.15. The summed E-state index contributed by atoms with van der Waals surface area (Å²) in [4.78, 5) is 0. The van der Waals surface area contributed by atoms with Gasteiger partial charge in [0.05, 0.1) is 0 Å². The molecule has 0 aliphatic heterocycles. The van der Waals surface area contributed by atoms with Crippen LogP contribution in [0.5, 0.6) is 5.75 Å². The van der Waals surface area contributed by atoms with Gasteiger partial charge in [-0.25, -0.2) is 0 Å². The predicted octanol–water partition coefficient (Wildman–Crippen LogP) is 3.50.